The van der Waals surface area contributed by atoms with E-state index in [1.54, 1.807) is 0 Å². The van der Waals surface area contributed by atoms with Gasteiger partial charge in [-0.25, -0.2) is 0 Å². The second-order valence-electron chi connectivity index (χ2n) is 3.12. The van der Waals surface area contributed by atoms with E-state index in [0.29, 0.717) is 12.5 Å². The lowest BCUT2D eigenvalue weighted by molar-refractivity contribution is 0.178. The van der Waals surface area contributed by atoms with Crippen LogP contribution in [0.25, 0.3) is 0 Å². The maximum atomic E-state index is 8.86. The Morgan fingerprint density at radius 1 is 1.30 bits per heavy atom. The first-order valence-electron chi connectivity index (χ1n) is 4.37. The first-order chi connectivity index (χ1) is 4.76. The van der Waals surface area contributed by atoms with Crippen LogP contribution in [0.1, 0.15) is 40.0 Å². The average Bonchev–Trinajstić information content (AvgIpc) is 1.99. The quantitative estimate of drug-likeness (QED) is 0.628. The number of aliphatic hydroxyl groups excluding tert-OH is 1. The van der Waals surface area contributed by atoms with Crippen LogP contribution in [0.4, 0.5) is 0 Å². The van der Waals surface area contributed by atoms with Gasteiger partial charge in [-0.1, -0.05) is 40.0 Å². The summed E-state index contributed by atoms with van der Waals surface area (Å²) < 4.78 is 0. The standard InChI is InChI=1S/C9H20O/c1-4-6-9(5-2)8(3)7-10/h8-10H,4-7H2,1-3H3. The highest BCUT2D eigenvalue weighted by atomic mass is 16.3. The van der Waals surface area contributed by atoms with Crippen LogP contribution in [0.2, 0.25) is 0 Å². The van der Waals surface area contributed by atoms with Gasteiger partial charge in [-0.05, 0) is 11.8 Å². The molecule has 1 heteroatoms. The molecular weight excluding hydrogens is 124 g/mol. The van der Waals surface area contributed by atoms with Gasteiger partial charge in [0.1, 0.15) is 0 Å². The third-order valence-electron chi connectivity index (χ3n) is 2.28. The Morgan fingerprint density at radius 3 is 2.20 bits per heavy atom. The summed E-state index contributed by atoms with van der Waals surface area (Å²) in [4.78, 5) is 0. The molecule has 0 aromatic rings. The SMILES string of the molecule is CCCC(CC)C(C)CO. The Hall–Kier alpha value is -0.0400. The third kappa shape index (κ3) is 3.21. The van der Waals surface area contributed by atoms with Crippen molar-refractivity contribution < 1.29 is 5.11 Å². The molecule has 10 heavy (non-hydrogen) atoms. The van der Waals surface area contributed by atoms with Crippen molar-refractivity contribution in [2.45, 2.75) is 40.0 Å². The molecule has 0 aliphatic carbocycles. The highest BCUT2D eigenvalue weighted by Crippen LogP contribution is 2.19. The van der Waals surface area contributed by atoms with E-state index in [0.717, 1.165) is 5.92 Å². The van der Waals surface area contributed by atoms with E-state index in [4.69, 9.17) is 5.11 Å². The summed E-state index contributed by atoms with van der Waals surface area (Å²) in [5.41, 5.74) is 0. The van der Waals surface area contributed by atoms with E-state index in [2.05, 4.69) is 20.8 Å². The minimum absolute atomic E-state index is 0.346. The number of hydrogen-bond donors (Lipinski definition) is 1. The van der Waals surface area contributed by atoms with Gasteiger partial charge in [-0.15, -0.1) is 0 Å². The topological polar surface area (TPSA) is 20.2 Å². The maximum Gasteiger partial charge on any atom is 0.0459 e. The Bertz CT molecular complexity index is 71.1. The van der Waals surface area contributed by atoms with Crippen molar-refractivity contribution in [2.75, 3.05) is 6.61 Å². The molecule has 0 fully saturated rings. The molecule has 1 N–H and O–H groups in total. The van der Waals surface area contributed by atoms with Crippen molar-refractivity contribution in [1.82, 2.24) is 0 Å². The normalized spacial score (nSPS) is 16.8. The van der Waals surface area contributed by atoms with Gasteiger partial charge in [-0.3, -0.25) is 0 Å². The summed E-state index contributed by atoms with van der Waals surface area (Å²) in [6, 6.07) is 0. The molecule has 0 aliphatic rings. The molecule has 0 rings (SSSR count). The predicted octanol–water partition coefficient (Wildman–Crippen LogP) is 2.44. The van der Waals surface area contributed by atoms with Gasteiger partial charge in [0.05, 0.1) is 0 Å². The van der Waals surface area contributed by atoms with Crippen molar-refractivity contribution in [2.24, 2.45) is 11.8 Å². The van der Waals surface area contributed by atoms with Crippen LogP contribution in [-0.2, 0) is 0 Å². The molecule has 62 valence electrons. The van der Waals surface area contributed by atoms with Crippen LogP contribution in [0.15, 0.2) is 0 Å². The minimum atomic E-state index is 0.346. The molecule has 0 aromatic carbocycles. The van der Waals surface area contributed by atoms with Crippen molar-refractivity contribution in [3.8, 4) is 0 Å². The van der Waals surface area contributed by atoms with Crippen LogP contribution < -0.4 is 0 Å². The van der Waals surface area contributed by atoms with Crippen molar-refractivity contribution in [3.63, 3.8) is 0 Å². The van der Waals surface area contributed by atoms with Gasteiger partial charge in [0.2, 0.25) is 0 Å². The second kappa shape index (κ2) is 5.72. The summed E-state index contributed by atoms with van der Waals surface area (Å²) >= 11 is 0. The summed E-state index contributed by atoms with van der Waals surface area (Å²) in [6.07, 6.45) is 3.70. The minimum Gasteiger partial charge on any atom is -0.396 e. The van der Waals surface area contributed by atoms with Gasteiger partial charge >= 0.3 is 0 Å². The van der Waals surface area contributed by atoms with E-state index in [-0.39, 0.29) is 0 Å². The van der Waals surface area contributed by atoms with Crippen LogP contribution in [0.3, 0.4) is 0 Å². The lowest BCUT2D eigenvalue weighted by Gasteiger charge is -2.19. The molecule has 2 unspecified atom stereocenters. The third-order valence-corrected chi connectivity index (χ3v) is 2.28. The first kappa shape index (κ1) is 9.96. The fourth-order valence-corrected chi connectivity index (χ4v) is 1.41. The van der Waals surface area contributed by atoms with Crippen molar-refractivity contribution in [1.29, 1.82) is 0 Å². The maximum absolute atomic E-state index is 8.86. The fourth-order valence-electron chi connectivity index (χ4n) is 1.41. The molecular formula is C9H20O. The number of rotatable bonds is 5. The van der Waals surface area contributed by atoms with E-state index in [9.17, 15) is 0 Å². The average molecular weight is 144 g/mol. The predicted molar refractivity (Wildman–Crippen MR) is 44.9 cm³/mol. The van der Waals surface area contributed by atoms with Crippen molar-refractivity contribution in [3.05, 3.63) is 0 Å². The van der Waals surface area contributed by atoms with Crippen LogP contribution >= 0.6 is 0 Å². The Kier molecular flexibility index (Phi) is 5.70. The Labute approximate surface area is 64.5 Å². The number of aliphatic hydroxyl groups is 1. The van der Waals surface area contributed by atoms with E-state index >= 15 is 0 Å². The van der Waals surface area contributed by atoms with Gasteiger partial charge in [0.15, 0.2) is 0 Å². The Morgan fingerprint density at radius 2 is 1.90 bits per heavy atom. The molecule has 0 bridgehead atoms. The first-order valence-corrected chi connectivity index (χ1v) is 4.37. The van der Waals surface area contributed by atoms with Gasteiger partial charge < -0.3 is 5.11 Å². The summed E-state index contributed by atoms with van der Waals surface area (Å²) in [5.74, 6) is 1.22. The molecule has 0 aliphatic heterocycles. The summed E-state index contributed by atoms with van der Waals surface area (Å²) in [6.45, 7) is 6.88. The van der Waals surface area contributed by atoms with E-state index < -0.39 is 0 Å². The van der Waals surface area contributed by atoms with Gasteiger partial charge in [-0.2, -0.15) is 0 Å². The molecule has 0 radical (unpaired) electrons. The lowest BCUT2D eigenvalue weighted by Crippen LogP contribution is -2.14. The zero-order valence-corrected chi connectivity index (χ0v) is 7.43. The summed E-state index contributed by atoms with van der Waals surface area (Å²) in [7, 11) is 0. The molecule has 1 nitrogen and oxygen atoms in total. The molecule has 0 amide bonds. The molecule has 0 aromatic heterocycles. The highest BCUT2D eigenvalue weighted by Gasteiger charge is 2.12. The van der Waals surface area contributed by atoms with Gasteiger partial charge in [0, 0.05) is 6.61 Å². The second-order valence-corrected chi connectivity index (χ2v) is 3.12. The number of hydrogen-bond acceptors (Lipinski definition) is 1. The van der Waals surface area contributed by atoms with Crippen LogP contribution in [0, 0.1) is 11.8 Å². The van der Waals surface area contributed by atoms with Crippen LogP contribution in [-0.4, -0.2) is 11.7 Å². The molecule has 2 atom stereocenters. The summed E-state index contributed by atoms with van der Waals surface area (Å²) in [5, 5.41) is 8.86. The zero-order valence-electron chi connectivity index (χ0n) is 7.43. The highest BCUT2D eigenvalue weighted by molar-refractivity contribution is 4.62. The largest absolute Gasteiger partial charge is 0.396 e. The van der Waals surface area contributed by atoms with E-state index in [1.165, 1.54) is 19.3 Å². The lowest BCUT2D eigenvalue weighted by atomic mass is 9.88. The monoisotopic (exact) mass is 144 g/mol. The molecule has 0 saturated heterocycles. The smallest absolute Gasteiger partial charge is 0.0459 e. The zero-order chi connectivity index (χ0) is 7.98. The fraction of sp³-hybridized carbons (Fsp3) is 1.00. The molecule has 0 heterocycles. The molecule has 0 spiro atoms. The van der Waals surface area contributed by atoms with Crippen molar-refractivity contribution >= 4 is 0 Å². The van der Waals surface area contributed by atoms with Crippen LogP contribution in [0.5, 0.6) is 0 Å². The van der Waals surface area contributed by atoms with Gasteiger partial charge in [0.25, 0.3) is 0 Å². The van der Waals surface area contributed by atoms with E-state index in [1.807, 2.05) is 0 Å². The Balaban J connectivity index is 3.56. The molecule has 0 saturated carbocycles.